The van der Waals surface area contributed by atoms with Crippen LogP contribution in [0, 0.1) is 13.8 Å². The van der Waals surface area contributed by atoms with Crippen molar-refractivity contribution >= 4 is 16.8 Å². The number of carboxylic acid groups (broad SMARTS) is 1. The normalized spacial score (nSPS) is 12.1. The number of benzene rings is 2. The van der Waals surface area contributed by atoms with E-state index in [4.69, 9.17) is 5.11 Å². The van der Waals surface area contributed by atoms with Crippen LogP contribution in [0.25, 0.3) is 0 Å². The molecule has 104 valence electrons. The smallest absolute Gasteiger partial charge is 0.335 e. The fourth-order valence-corrected chi connectivity index (χ4v) is 3.04. The molecular formula is C16H16O3S. The molecule has 0 radical (unpaired) electrons. The zero-order valence-electron chi connectivity index (χ0n) is 11.4. The van der Waals surface area contributed by atoms with E-state index >= 15 is 0 Å². The second kappa shape index (κ2) is 6.01. The van der Waals surface area contributed by atoms with Crippen molar-refractivity contribution in [3.63, 3.8) is 0 Å². The summed E-state index contributed by atoms with van der Waals surface area (Å²) >= 11 is 0. The highest BCUT2D eigenvalue weighted by Gasteiger charge is 2.09. The van der Waals surface area contributed by atoms with Crippen molar-refractivity contribution in [2.24, 2.45) is 0 Å². The minimum atomic E-state index is -1.24. The third-order valence-electron chi connectivity index (χ3n) is 3.21. The minimum absolute atomic E-state index is 0.163. The zero-order valence-corrected chi connectivity index (χ0v) is 12.2. The van der Waals surface area contributed by atoms with Crippen molar-refractivity contribution in [3.8, 4) is 0 Å². The first-order valence-electron chi connectivity index (χ1n) is 6.25. The maximum atomic E-state index is 12.3. The first kappa shape index (κ1) is 14.5. The standard InChI is InChI=1S/C16H16O3S/c1-11-6-7-13(8-12(11)2)10-20(19)15-5-3-4-14(9-15)16(17)18/h3-9H,10H2,1-2H3,(H,17,18). The van der Waals surface area contributed by atoms with Gasteiger partial charge in [0, 0.05) is 4.90 Å². The van der Waals surface area contributed by atoms with E-state index in [2.05, 4.69) is 0 Å². The zero-order chi connectivity index (χ0) is 14.7. The summed E-state index contributed by atoms with van der Waals surface area (Å²) < 4.78 is 12.3. The quantitative estimate of drug-likeness (QED) is 0.939. The Bertz CT molecular complexity index is 677. The molecule has 0 aliphatic rings. The van der Waals surface area contributed by atoms with Gasteiger partial charge in [-0.1, -0.05) is 24.3 Å². The fraction of sp³-hybridized carbons (Fsp3) is 0.188. The van der Waals surface area contributed by atoms with Crippen molar-refractivity contribution in [3.05, 3.63) is 64.7 Å². The summed E-state index contributed by atoms with van der Waals surface area (Å²) in [6.07, 6.45) is 0. The van der Waals surface area contributed by atoms with Gasteiger partial charge in [-0.15, -0.1) is 0 Å². The van der Waals surface area contributed by atoms with Crippen molar-refractivity contribution in [2.45, 2.75) is 24.5 Å². The second-order valence-electron chi connectivity index (χ2n) is 4.74. The number of hydrogen-bond acceptors (Lipinski definition) is 2. The van der Waals surface area contributed by atoms with Crippen molar-refractivity contribution in [1.29, 1.82) is 0 Å². The number of aryl methyl sites for hydroxylation is 2. The lowest BCUT2D eigenvalue weighted by Gasteiger charge is -2.06. The Hall–Kier alpha value is -1.94. The Balaban J connectivity index is 2.21. The van der Waals surface area contributed by atoms with Gasteiger partial charge in [0.25, 0.3) is 0 Å². The third kappa shape index (κ3) is 3.33. The number of hydrogen-bond donors (Lipinski definition) is 1. The van der Waals surface area contributed by atoms with Crippen LogP contribution in [-0.4, -0.2) is 15.3 Å². The van der Waals surface area contributed by atoms with Crippen LogP contribution in [0.2, 0.25) is 0 Å². The molecule has 20 heavy (non-hydrogen) atoms. The van der Waals surface area contributed by atoms with Gasteiger partial charge in [-0.2, -0.15) is 0 Å². The van der Waals surface area contributed by atoms with E-state index < -0.39 is 16.8 Å². The Morgan fingerprint density at radius 1 is 1.10 bits per heavy atom. The Labute approximate surface area is 120 Å². The molecule has 2 aromatic carbocycles. The van der Waals surface area contributed by atoms with Crippen LogP contribution in [0.3, 0.4) is 0 Å². The average molecular weight is 288 g/mol. The molecule has 0 saturated heterocycles. The Kier molecular flexibility index (Phi) is 4.35. The maximum absolute atomic E-state index is 12.3. The molecular weight excluding hydrogens is 272 g/mol. The molecule has 0 aromatic heterocycles. The highest BCUT2D eigenvalue weighted by atomic mass is 32.2. The van der Waals surface area contributed by atoms with Crippen LogP contribution >= 0.6 is 0 Å². The van der Waals surface area contributed by atoms with E-state index in [1.54, 1.807) is 12.1 Å². The van der Waals surface area contributed by atoms with Gasteiger partial charge in [0.1, 0.15) is 0 Å². The molecule has 0 amide bonds. The van der Waals surface area contributed by atoms with E-state index in [1.807, 2.05) is 32.0 Å². The molecule has 1 atom stereocenters. The molecule has 1 N–H and O–H groups in total. The summed E-state index contributed by atoms with van der Waals surface area (Å²) in [5, 5.41) is 8.95. The molecule has 0 fully saturated rings. The summed E-state index contributed by atoms with van der Waals surface area (Å²) in [5.41, 5.74) is 3.52. The Morgan fingerprint density at radius 2 is 1.85 bits per heavy atom. The predicted octanol–water partition coefficient (Wildman–Crippen LogP) is 3.31. The minimum Gasteiger partial charge on any atom is -0.478 e. The summed E-state index contributed by atoms with van der Waals surface area (Å²) in [4.78, 5) is 11.5. The maximum Gasteiger partial charge on any atom is 0.335 e. The number of aromatic carboxylic acids is 1. The molecule has 4 heteroatoms. The van der Waals surface area contributed by atoms with Crippen molar-refractivity contribution in [2.75, 3.05) is 0 Å². The molecule has 2 aromatic rings. The van der Waals surface area contributed by atoms with Gasteiger partial charge in [-0.3, -0.25) is 4.21 Å². The molecule has 0 aliphatic heterocycles. The lowest BCUT2D eigenvalue weighted by atomic mass is 10.1. The number of carbonyl (C=O) groups is 1. The third-order valence-corrected chi connectivity index (χ3v) is 4.59. The van der Waals surface area contributed by atoms with E-state index in [0.717, 1.165) is 5.56 Å². The van der Waals surface area contributed by atoms with E-state index in [0.29, 0.717) is 10.6 Å². The van der Waals surface area contributed by atoms with E-state index in [-0.39, 0.29) is 5.56 Å². The molecule has 0 heterocycles. The number of rotatable bonds is 4. The topological polar surface area (TPSA) is 54.4 Å². The summed E-state index contributed by atoms with van der Waals surface area (Å²) in [7, 11) is -1.24. The summed E-state index contributed by atoms with van der Waals surface area (Å²) in [5.74, 6) is -0.612. The first-order valence-corrected chi connectivity index (χ1v) is 7.57. The van der Waals surface area contributed by atoms with E-state index in [1.165, 1.54) is 23.3 Å². The molecule has 0 aliphatic carbocycles. The summed E-state index contributed by atoms with van der Waals surface area (Å²) in [6.45, 7) is 4.05. The van der Waals surface area contributed by atoms with Gasteiger partial charge in [0.05, 0.1) is 22.1 Å². The van der Waals surface area contributed by atoms with Crippen molar-refractivity contribution in [1.82, 2.24) is 0 Å². The summed E-state index contributed by atoms with van der Waals surface area (Å²) in [6, 6.07) is 12.3. The Morgan fingerprint density at radius 3 is 2.50 bits per heavy atom. The van der Waals surface area contributed by atoms with Crippen LogP contribution in [-0.2, 0) is 16.6 Å². The lowest BCUT2D eigenvalue weighted by molar-refractivity contribution is 0.0696. The fourth-order valence-electron chi connectivity index (χ4n) is 1.90. The molecule has 0 saturated carbocycles. The second-order valence-corrected chi connectivity index (χ2v) is 6.19. The van der Waals surface area contributed by atoms with Crippen LogP contribution in [0.5, 0.6) is 0 Å². The average Bonchev–Trinajstić information content (AvgIpc) is 2.43. The molecule has 0 spiro atoms. The van der Waals surface area contributed by atoms with Gasteiger partial charge in [-0.25, -0.2) is 4.79 Å². The highest BCUT2D eigenvalue weighted by Crippen LogP contribution is 2.16. The van der Waals surface area contributed by atoms with Crippen LogP contribution in [0.4, 0.5) is 0 Å². The van der Waals surface area contributed by atoms with Crippen LogP contribution in [0.15, 0.2) is 47.4 Å². The van der Waals surface area contributed by atoms with Gasteiger partial charge >= 0.3 is 5.97 Å². The SMILES string of the molecule is Cc1ccc(CS(=O)c2cccc(C(=O)O)c2)cc1C. The molecule has 0 bridgehead atoms. The largest absolute Gasteiger partial charge is 0.478 e. The van der Waals surface area contributed by atoms with E-state index in [9.17, 15) is 9.00 Å². The van der Waals surface area contributed by atoms with Crippen molar-refractivity contribution < 1.29 is 14.1 Å². The molecule has 2 rings (SSSR count). The van der Waals surface area contributed by atoms with Gasteiger partial charge < -0.3 is 5.11 Å². The van der Waals surface area contributed by atoms with Gasteiger partial charge in [-0.05, 0) is 48.7 Å². The lowest BCUT2D eigenvalue weighted by Crippen LogP contribution is -2.01. The monoisotopic (exact) mass is 288 g/mol. The van der Waals surface area contributed by atoms with Gasteiger partial charge in [0.15, 0.2) is 0 Å². The van der Waals surface area contributed by atoms with Crippen LogP contribution in [0.1, 0.15) is 27.0 Å². The van der Waals surface area contributed by atoms with Crippen LogP contribution < -0.4 is 0 Å². The van der Waals surface area contributed by atoms with Gasteiger partial charge in [0.2, 0.25) is 0 Å². The predicted molar refractivity (Wildman–Crippen MR) is 79.4 cm³/mol. The molecule has 3 nitrogen and oxygen atoms in total. The molecule has 1 unspecified atom stereocenters. The first-order chi connectivity index (χ1) is 9.47. The number of carboxylic acids is 1. The highest BCUT2D eigenvalue weighted by molar-refractivity contribution is 7.84.